The van der Waals surface area contributed by atoms with Crippen LogP contribution in [0, 0.1) is 0 Å². The number of Topliss-reactive ketones (excluding diaryl/α,β-unsaturated/α-hetero) is 1. The summed E-state index contributed by atoms with van der Waals surface area (Å²) in [4.78, 5) is 11.2. The monoisotopic (exact) mass is 274 g/mol. The van der Waals surface area contributed by atoms with E-state index < -0.39 is 52.7 Å². The molecule has 0 fully saturated rings. The smallest absolute Gasteiger partial charge is 0.267 e. The molecule has 1 unspecified atom stereocenters. The Bertz CT molecular complexity index is 350. The van der Waals surface area contributed by atoms with Crippen molar-refractivity contribution in [3.8, 4) is 0 Å². The van der Waals surface area contributed by atoms with Crippen molar-refractivity contribution >= 4 is 15.9 Å². The summed E-state index contributed by atoms with van der Waals surface area (Å²) in [7, 11) is -4.63. The van der Waals surface area contributed by atoms with Crippen LogP contribution in [0.25, 0.3) is 0 Å². The van der Waals surface area contributed by atoms with Crippen LogP contribution in [0.5, 0.6) is 0 Å². The first kappa shape index (κ1) is 16.4. The molecule has 10 heteroatoms. The van der Waals surface area contributed by atoms with Crippen LogP contribution < -0.4 is 0 Å². The van der Waals surface area contributed by atoms with Gasteiger partial charge >= 0.3 is 0 Å². The van der Waals surface area contributed by atoms with Gasteiger partial charge in [-0.1, -0.05) is 0 Å². The van der Waals surface area contributed by atoms with Gasteiger partial charge in [0.2, 0.25) is 0 Å². The lowest BCUT2D eigenvalue weighted by Gasteiger charge is -2.21. The summed E-state index contributed by atoms with van der Waals surface area (Å²) in [6.45, 7) is -0.945. The molecule has 0 saturated carbocycles. The topological polar surface area (TPSA) is 173 Å². The molecular formula is C7H14O9S. The summed E-state index contributed by atoms with van der Waals surface area (Å²) in [5.41, 5.74) is 0. The van der Waals surface area contributed by atoms with Gasteiger partial charge in [-0.3, -0.25) is 9.35 Å². The lowest BCUT2D eigenvalue weighted by atomic mass is 10.0. The highest BCUT2D eigenvalue weighted by atomic mass is 32.2. The van der Waals surface area contributed by atoms with E-state index in [0.29, 0.717) is 0 Å². The van der Waals surface area contributed by atoms with E-state index in [4.69, 9.17) is 30.1 Å². The number of aliphatic hydroxyl groups is 5. The zero-order chi connectivity index (χ0) is 13.8. The van der Waals surface area contributed by atoms with E-state index in [1.165, 1.54) is 0 Å². The zero-order valence-corrected chi connectivity index (χ0v) is 9.36. The first-order chi connectivity index (χ1) is 7.60. The molecule has 0 radical (unpaired) electrons. The van der Waals surface area contributed by atoms with Crippen LogP contribution in [0.15, 0.2) is 0 Å². The fourth-order valence-electron chi connectivity index (χ4n) is 0.965. The van der Waals surface area contributed by atoms with Crippen molar-refractivity contribution < 1.29 is 43.3 Å². The minimum atomic E-state index is -4.63. The lowest BCUT2D eigenvalue weighted by Crippen LogP contribution is -2.48. The van der Waals surface area contributed by atoms with Crippen molar-refractivity contribution in [3.05, 3.63) is 0 Å². The highest BCUT2D eigenvalue weighted by Crippen LogP contribution is 2.05. The fourth-order valence-corrected chi connectivity index (χ4v) is 1.53. The fraction of sp³-hybridized carbons (Fsp3) is 0.857. The Kier molecular flexibility index (Phi) is 6.12. The van der Waals surface area contributed by atoms with Gasteiger partial charge in [0, 0.05) is 0 Å². The van der Waals surface area contributed by atoms with E-state index in [0.717, 1.165) is 0 Å². The summed E-state index contributed by atoms with van der Waals surface area (Å²) in [6, 6.07) is 0. The number of carbonyl (C=O) groups excluding carboxylic acids is 1. The van der Waals surface area contributed by atoms with Crippen molar-refractivity contribution in [2.45, 2.75) is 24.4 Å². The van der Waals surface area contributed by atoms with Crippen LogP contribution in [0.3, 0.4) is 0 Å². The summed E-state index contributed by atoms with van der Waals surface area (Å²) in [5, 5.41) is 44.6. The third-order valence-electron chi connectivity index (χ3n) is 1.89. The highest BCUT2D eigenvalue weighted by Gasteiger charge is 2.35. The van der Waals surface area contributed by atoms with Gasteiger partial charge in [-0.15, -0.1) is 0 Å². The largest absolute Gasteiger partial charge is 0.394 e. The van der Waals surface area contributed by atoms with Crippen molar-refractivity contribution in [2.75, 3.05) is 12.4 Å². The lowest BCUT2D eigenvalue weighted by molar-refractivity contribution is -0.147. The van der Waals surface area contributed by atoms with Gasteiger partial charge in [0.25, 0.3) is 10.1 Å². The normalized spacial score (nSPS) is 19.4. The van der Waals surface area contributed by atoms with Gasteiger partial charge in [-0.05, 0) is 0 Å². The molecule has 0 aromatic carbocycles. The molecule has 6 N–H and O–H groups in total. The van der Waals surface area contributed by atoms with Crippen LogP contribution in [0.2, 0.25) is 0 Å². The highest BCUT2D eigenvalue weighted by molar-refractivity contribution is 7.85. The van der Waals surface area contributed by atoms with Crippen molar-refractivity contribution in [1.82, 2.24) is 0 Å². The molecule has 102 valence electrons. The van der Waals surface area contributed by atoms with Crippen LogP contribution in [0.1, 0.15) is 0 Å². The molecule has 0 rings (SSSR count). The molecule has 0 aliphatic heterocycles. The number of ketones is 1. The van der Waals surface area contributed by atoms with E-state index in [2.05, 4.69) is 0 Å². The summed E-state index contributed by atoms with van der Waals surface area (Å²) < 4.78 is 29.0. The van der Waals surface area contributed by atoms with E-state index in [9.17, 15) is 13.2 Å². The third kappa shape index (κ3) is 5.50. The molecule has 0 aliphatic carbocycles. The Labute approximate surface area is 96.7 Å². The van der Waals surface area contributed by atoms with E-state index in [1.54, 1.807) is 0 Å². The van der Waals surface area contributed by atoms with Gasteiger partial charge in [0.15, 0.2) is 5.78 Å². The molecule has 9 nitrogen and oxygen atoms in total. The average Bonchev–Trinajstić information content (AvgIpc) is 2.22. The maximum atomic E-state index is 11.2. The summed E-state index contributed by atoms with van der Waals surface area (Å²) in [6.07, 6.45) is -8.44. The molecule has 0 aromatic heterocycles. The number of hydrogen-bond donors (Lipinski definition) is 6. The predicted octanol–water partition coefficient (Wildman–Crippen LogP) is -4.12. The third-order valence-corrected chi connectivity index (χ3v) is 2.63. The SMILES string of the molecule is O=C(C(O)CS(=O)(=O)O)[C@@H](O)[C@H](O)[C@H](O)CO. The average molecular weight is 274 g/mol. The number of hydrogen-bond acceptors (Lipinski definition) is 8. The molecule has 0 bridgehead atoms. The minimum Gasteiger partial charge on any atom is -0.394 e. The van der Waals surface area contributed by atoms with Crippen molar-refractivity contribution in [3.63, 3.8) is 0 Å². The van der Waals surface area contributed by atoms with Crippen LogP contribution in [-0.2, 0) is 14.9 Å². The van der Waals surface area contributed by atoms with E-state index in [1.807, 2.05) is 0 Å². The second-order valence-corrected chi connectivity index (χ2v) is 4.85. The second-order valence-electron chi connectivity index (χ2n) is 3.35. The minimum absolute atomic E-state index is 0.945. The second kappa shape index (κ2) is 6.35. The molecule has 0 saturated heterocycles. The van der Waals surface area contributed by atoms with E-state index in [-0.39, 0.29) is 0 Å². The molecule has 17 heavy (non-hydrogen) atoms. The molecule has 0 heterocycles. The standard InChI is InChI=1S/C7H14O9S/c8-1-3(9)5(11)7(13)6(12)4(10)2-17(14,15)16/h3-5,7-11,13H,1-2H2,(H,14,15,16)/t3-,4?,5-,7+/m1/s1. The molecule has 0 amide bonds. The van der Waals surface area contributed by atoms with Gasteiger partial charge in [0.1, 0.15) is 30.2 Å². The van der Waals surface area contributed by atoms with Crippen molar-refractivity contribution in [2.24, 2.45) is 0 Å². The van der Waals surface area contributed by atoms with E-state index >= 15 is 0 Å². The summed E-state index contributed by atoms with van der Waals surface area (Å²) in [5.74, 6) is -2.84. The maximum absolute atomic E-state index is 11.2. The van der Waals surface area contributed by atoms with Gasteiger partial charge in [-0.2, -0.15) is 8.42 Å². The van der Waals surface area contributed by atoms with Crippen LogP contribution in [0.4, 0.5) is 0 Å². The predicted molar refractivity (Wildman–Crippen MR) is 52.5 cm³/mol. The molecule has 0 aliphatic rings. The maximum Gasteiger partial charge on any atom is 0.267 e. The molecule has 4 atom stereocenters. The van der Waals surface area contributed by atoms with Crippen molar-refractivity contribution in [1.29, 1.82) is 0 Å². The zero-order valence-electron chi connectivity index (χ0n) is 8.54. The number of carbonyl (C=O) groups is 1. The quantitative estimate of drug-likeness (QED) is 0.252. The Morgan fingerprint density at radius 2 is 1.59 bits per heavy atom. The van der Waals surface area contributed by atoms with Crippen LogP contribution >= 0.6 is 0 Å². The first-order valence-electron chi connectivity index (χ1n) is 4.42. The number of aliphatic hydroxyl groups excluding tert-OH is 5. The summed E-state index contributed by atoms with van der Waals surface area (Å²) >= 11 is 0. The molecule has 0 spiro atoms. The van der Waals surface area contributed by atoms with Gasteiger partial charge in [0.05, 0.1) is 6.61 Å². The molecule has 0 aromatic rings. The van der Waals surface area contributed by atoms with Gasteiger partial charge < -0.3 is 25.5 Å². The number of rotatable bonds is 7. The Morgan fingerprint density at radius 3 is 1.94 bits per heavy atom. The Hall–Kier alpha value is -0.620. The first-order valence-corrected chi connectivity index (χ1v) is 6.03. The Morgan fingerprint density at radius 1 is 1.12 bits per heavy atom. The van der Waals surface area contributed by atoms with Crippen LogP contribution in [-0.4, -0.2) is 81.1 Å². The molecular weight excluding hydrogens is 260 g/mol. The van der Waals surface area contributed by atoms with Gasteiger partial charge in [-0.25, -0.2) is 0 Å². The Balaban J connectivity index is 4.60.